The van der Waals surface area contributed by atoms with E-state index in [1.165, 1.54) is 21.9 Å². The minimum absolute atomic E-state index is 0.316. The molecule has 3 nitrogen and oxygen atoms in total. The van der Waals surface area contributed by atoms with Crippen molar-refractivity contribution in [2.75, 3.05) is 6.61 Å². The minimum atomic E-state index is -4.43. The van der Waals surface area contributed by atoms with Crippen LogP contribution in [0.25, 0.3) is 0 Å². The molecule has 0 aliphatic heterocycles. The lowest BCUT2D eigenvalue weighted by Crippen LogP contribution is -2.29. The summed E-state index contributed by atoms with van der Waals surface area (Å²) in [4.78, 5) is 16.2. The van der Waals surface area contributed by atoms with Crippen LogP contribution in [0.2, 0.25) is 0 Å². The Morgan fingerprint density at radius 1 is 0.718 bits per heavy atom. The molecule has 0 fully saturated rings. The van der Waals surface area contributed by atoms with Gasteiger partial charge in [0.05, 0.1) is 16.5 Å². The average Bonchev–Trinajstić information content (AvgIpc) is 2.89. The van der Waals surface area contributed by atoms with Crippen molar-refractivity contribution in [1.29, 1.82) is 0 Å². The van der Waals surface area contributed by atoms with E-state index in [-0.39, 0.29) is 17.5 Å². The summed E-state index contributed by atoms with van der Waals surface area (Å²) in [6.07, 6.45) is -4.43. The van der Waals surface area contributed by atoms with Gasteiger partial charge in [-0.1, -0.05) is 48.5 Å². The molecule has 0 amide bonds. The highest BCUT2D eigenvalue weighted by Gasteiger charge is 2.33. The summed E-state index contributed by atoms with van der Waals surface area (Å²) in [5.74, 6) is -0.0104. The number of carbonyl (C=O) groups excluding carboxylic acids is 1. The number of rotatable bonds is 8. The fourth-order valence-electron chi connectivity index (χ4n) is 4.34. The van der Waals surface area contributed by atoms with Crippen LogP contribution in [-0.2, 0) is 32.2 Å². The maximum absolute atomic E-state index is 12.9. The first-order valence-corrected chi connectivity index (χ1v) is 13.7. The van der Waals surface area contributed by atoms with Crippen molar-refractivity contribution < 1.29 is 27.4 Å². The minimum Gasteiger partial charge on any atom is -0.481 e. The summed E-state index contributed by atoms with van der Waals surface area (Å²) in [6.45, 7) is 6.83. The van der Waals surface area contributed by atoms with Crippen LogP contribution in [0.5, 0.6) is 5.75 Å². The lowest BCUT2D eigenvalue weighted by Gasteiger charge is -2.26. The van der Waals surface area contributed by atoms with Crippen LogP contribution in [0.15, 0.2) is 112 Å². The molecule has 0 radical (unpaired) electrons. The van der Waals surface area contributed by atoms with Gasteiger partial charge in [0.2, 0.25) is 0 Å². The molecule has 0 atom stereocenters. The zero-order valence-corrected chi connectivity index (χ0v) is 23.0. The van der Waals surface area contributed by atoms with Crippen LogP contribution < -0.4 is 4.74 Å². The molecule has 4 aromatic carbocycles. The Morgan fingerprint density at radius 2 is 1.18 bits per heavy atom. The van der Waals surface area contributed by atoms with E-state index in [0.29, 0.717) is 11.3 Å². The molecule has 0 bridgehead atoms. The Hall–Kier alpha value is -3.71. The maximum Gasteiger partial charge on any atom is 0.416 e. The number of ether oxygens (including phenoxy) is 2. The molecule has 7 heteroatoms. The molecule has 39 heavy (non-hydrogen) atoms. The quantitative estimate of drug-likeness (QED) is 0.163. The maximum atomic E-state index is 12.9. The van der Waals surface area contributed by atoms with Gasteiger partial charge in [0.25, 0.3) is 0 Å². The van der Waals surface area contributed by atoms with Crippen LogP contribution in [0.3, 0.4) is 0 Å². The van der Waals surface area contributed by atoms with Gasteiger partial charge in [0.1, 0.15) is 11.4 Å². The van der Waals surface area contributed by atoms with Crippen molar-refractivity contribution in [2.24, 2.45) is 0 Å². The summed E-state index contributed by atoms with van der Waals surface area (Å²) in [5.41, 5.74) is 0.356. The van der Waals surface area contributed by atoms with Gasteiger partial charge in [-0.3, -0.25) is 0 Å². The van der Waals surface area contributed by atoms with E-state index in [0.717, 1.165) is 28.2 Å². The van der Waals surface area contributed by atoms with Gasteiger partial charge in [-0.25, -0.2) is 4.79 Å². The zero-order valence-electron chi connectivity index (χ0n) is 22.2. The largest absolute Gasteiger partial charge is 0.481 e. The predicted molar refractivity (Wildman–Crippen MR) is 147 cm³/mol. The number of aryl methyl sites for hydroxylation is 2. The molecule has 4 aromatic rings. The first-order valence-electron chi connectivity index (χ1n) is 12.4. The first-order chi connectivity index (χ1) is 18.5. The van der Waals surface area contributed by atoms with Crippen LogP contribution in [0.4, 0.5) is 13.2 Å². The summed E-state index contributed by atoms with van der Waals surface area (Å²) in [5, 5.41) is 0. The number of esters is 1. The number of carbonyl (C=O) groups is 1. The van der Waals surface area contributed by atoms with Gasteiger partial charge in [-0.05, 0) is 80.8 Å². The monoisotopic (exact) mass is 551 g/mol. The molecule has 0 spiro atoms. The molecule has 4 rings (SSSR count). The van der Waals surface area contributed by atoms with E-state index in [1.807, 2.05) is 50.2 Å². The topological polar surface area (TPSA) is 35.5 Å². The standard InChI is InChI=1S/C32H30F3O3S/c1-22-19-28(39(26-11-7-5-8-12-26)27-13-9-6-10-14-27)20-23(2)30(22)37-21-29(36)38-31(3,4)24-15-17-25(18-16-24)32(33,34)35/h5-20H,21H2,1-4H3/q+1. The molecule has 0 aliphatic carbocycles. The summed E-state index contributed by atoms with van der Waals surface area (Å²) >= 11 is 0. The van der Waals surface area contributed by atoms with E-state index in [1.54, 1.807) is 13.8 Å². The summed E-state index contributed by atoms with van der Waals surface area (Å²) < 4.78 is 50.2. The third-order valence-corrected chi connectivity index (χ3v) is 8.43. The van der Waals surface area contributed by atoms with E-state index < -0.39 is 23.3 Å². The normalized spacial score (nSPS) is 11.9. The van der Waals surface area contributed by atoms with Crippen molar-refractivity contribution in [3.63, 3.8) is 0 Å². The van der Waals surface area contributed by atoms with Gasteiger partial charge in [0, 0.05) is 12.1 Å². The number of halogens is 3. The summed E-state index contributed by atoms with van der Waals surface area (Å²) in [7, 11) is -0.316. The van der Waals surface area contributed by atoms with Crippen LogP contribution >= 0.6 is 0 Å². The third kappa shape index (κ3) is 6.84. The molecule has 0 saturated heterocycles. The van der Waals surface area contributed by atoms with Crippen molar-refractivity contribution >= 4 is 16.9 Å². The second-order valence-corrected chi connectivity index (χ2v) is 11.7. The Labute approximate surface area is 229 Å². The van der Waals surface area contributed by atoms with Crippen LogP contribution in [0, 0.1) is 13.8 Å². The van der Waals surface area contributed by atoms with E-state index in [2.05, 4.69) is 36.4 Å². The lowest BCUT2D eigenvalue weighted by atomic mass is 9.97. The second kappa shape index (κ2) is 11.6. The molecule has 0 N–H and O–H groups in total. The van der Waals surface area contributed by atoms with E-state index >= 15 is 0 Å². The fourth-order valence-corrected chi connectivity index (χ4v) is 6.61. The molecule has 0 aliphatic rings. The second-order valence-electron chi connectivity index (χ2n) is 9.67. The Kier molecular flexibility index (Phi) is 8.40. The molecule has 0 heterocycles. The smallest absolute Gasteiger partial charge is 0.416 e. The highest BCUT2D eigenvalue weighted by Crippen LogP contribution is 2.36. The molecule has 0 saturated carbocycles. The van der Waals surface area contributed by atoms with Gasteiger partial charge in [-0.2, -0.15) is 13.2 Å². The highest BCUT2D eigenvalue weighted by molar-refractivity contribution is 7.97. The van der Waals surface area contributed by atoms with Crippen molar-refractivity contribution in [2.45, 2.75) is 54.2 Å². The Balaban J connectivity index is 1.49. The van der Waals surface area contributed by atoms with E-state index in [9.17, 15) is 18.0 Å². The fraction of sp³-hybridized carbons (Fsp3) is 0.219. The van der Waals surface area contributed by atoms with Gasteiger partial charge < -0.3 is 9.47 Å². The van der Waals surface area contributed by atoms with Gasteiger partial charge in [-0.15, -0.1) is 0 Å². The first kappa shape index (κ1) is 28.3. The number of hydrogen-bond donors (Lipinski definition) is 0. The molecule has 0 aromatic heterocycles. The number of alkyl halides is 3. The van der Waals surface area contributed by atoms with Crippen molar-refractivity contribution in [1.82, 2.24) is 0 Å². The van der Waals surface area contributed by atoms with Crippen LogP contribution in [-0.4, -0.2) is 12.6 Å². The number of hydrogen-bond acceptors (Lipinski definition) is 3. The Morgan fingerprint density at radius 3 is 1.64 bits per heavy atom. The van der Waals surface area contributed by atoms with Crippen molar-refractivity contribution in [3.8, 4) is 5.75 Å². The number of benzene rings is 4. The molecule has 0 unspecified atom stereocenters. The molecule has 202 valence electrons. The Bertz CT molecular complexity index is 1350. The third-order valence-electron chi connectivity index (χ3n) is 6.24. The van der Waals surface area contributed by atoms with Gasteiger partial charge >= 0.3 is 12.1 Å². The lowest BCUT2D eigenvalue weighted by molar-refractivity contribution is -0.160. The zero-order chi connectivity index (χ0) is 28.2. The van der Waals surface area contributed by atoms with Gasteiger partial charge in [0.15, 0.2) is 21.3 Å². The van der Waals surface area contributed by atoms with Crippen LogP contribution in [0.1, 0.15) is 36.1 Å². The van der Waals surface area contributed by atoms with Crippen molar-refractivity contribution in [3.05, 3.63) is 119 Å². The summed E-state index contributed by atoms with van der Waals surface area (Å²) in [6, 6.07) is 29.4. The van der Waals surface area contributed by atoms with E-state index in [4.69, 9.17) is 9.47 Å². The molecular formula is C32H30F3O3S+. The average molecular weight is 552 g/mol. The highest BCUT2D eigenvalue weighted by atomic mass is 32.2. The predicted octanol–water partition coefficient (Wildman–Crippen LogP) is 8.27. The molecular weight excluding hydrogens is 521 g/mol. The SMILES string of the molecule is Cc1cc([S+](c2ccccc2)c2ccccc2)cc(C)c1OCC(=O)OC(C)(C)c1ccc(C(F)(F)F)cc1.